The standard InChI is InChI=1S/C22H32N2O5/c1-15(2)20(23-22(27)29-13-18-11-6-5-7-12-18)21(26)28-14-19(25)24-16(3)9-8-10-17(24)4/h5-7,11-12,15-17,20H,8-10,13-14H2,1-4H3,(H,23,27)/t16?,17?,20-/m1/s1. The average Bonchev–Trinajstić information content (AvgIpc) is 2.69. The lowest BCUT2D eigenvalue weighted by molar-refractivity contribution is -0.157. The summed E-state index contributed by atoms with van der Waals surface area (Å²) in [5, 5.41) is 2.55. The Balaban J connectivity index is 1.85. The maximum absolute atomic E-state index is 12.5. The second-order valence-corrected chi connectivity index (χ2v) is 7.97. The van der Waals surface area contributed by atoms with E-state index < -0.39 is 18.1 Å². The Kier molecular flexibility index (Phi) is 8.49. The number of rotatable bonds is 7. The highest BCUT2D eigenvalue weighted by atomic mass is 16.6. The van der Waals surface area contributed by atoms with Crippen LogP contribution in [0, 0.1) is 5.92 Å². The maximum Gasteiger partial charge on any atom is 0.408 e. The van der Waals surface area contributed by atoms with E-state index in [1.165, 1.54) is 0 Å². The van der Waals surface area contributed by atoms with Crippen molar-refractivity contribution in [3.8, 4) is 0 Å². The van der Waals surface area contributed by atoms with Gasteiger partial charge in [0, 0.05) is 12.1 Å². The van der Waals surface area contributed by atoms with E-state index in [4.69, 9.17) is 9.47 Å². The fraction of sp³-hybridized carbons (Fsp3) is 0.591. The van der Waals surface area contributed by atoms with Gasteiger partial charge in [-0.1, -0.05) is 44.2 Å². The molecule has 7 heteroatoms. The SMILES string of the molecule is CC(C)[C@@H](NC(=O)OCc1ccccc1)C(=O)OCC(=O)N1C(C)CCCC1C. The van der Waals surface area contributed by atoms with Gasteiger partial charge in [-0.3, -0.25) is 4.79 Å². The monoisotopic (exact) mass is 404 g/mol. The number of nitrogens with zero attached hydrogens (tertiary/aromatic N) is 1. The summed E-state index contributed by atoms with van der Waals surface area (Å²) < 4.78 is 10.4. The van der Waals surface area contributed by atoms with Crippen molar-refractivity contribution in [1.29, 1.82) is 0 Å². The van der Waals surface area contributed by atoms with Crippen molar-refractivity contribution in [2.45, 2.75) is 71.7 Å². The topological polar surface area (TPSA) is 84.9 Å². The molecule has 2 amide bonds. The number of benzene rings is 1. The number of hydrogen-bond acceptors (Lipinski definition) is 5. The number of ether oxygens (including phenoxy) is 2. The van der Waals surface area contributed by atoms with Crippen LogP contribution >= 0.6 is 0 Å². The molecule has 0 aliphatic carbocycles. The molecule has 1 aromatic carbocycles. The molecule has 29 heavy (non-hydrogen) atoms. The van der Waals surface area contributed by atoms with Crippen LogP contribution in [0.5, 0.6) is 0 Å². The van der Waals surface area contributed by atoms with Crippen molar-refractivity contribution in [1.82, 2.24) is 10.2 Å². The van der Waals surface area contributed by atoms with Gasteiger partial charge in [0.25, 0.3) is 5.91 Å². The van der Waals surface area contributed by atoms with Crippen molar-refractivity contribution >= 4 is 18.0 Å². The van der Waals surface area contributed by atoms with Crippen LogP contribution in [0.4, 0.5) is 4.79 Å². The molecule has 1 N–H and O–H groups in total. The van der Waals surface area contributed by atoms with Crippen molar-refractivity contribution < 1.29 is 23.9 Å². The van der Waals surface area contributed by atoms with E-state index in [9.17, 15) is 14.4 Å². The van der Waals surface area contributed by atoms with Crippen molar-refractivity contribution in [2.75, 3.05) is 6.61 Å². The third-order valence-corrected chi connectivity index (χ3v) is 5.23. The summed E-state index contributed by atoms with van der Waals surface area (Å²) in [5.74, 6) is -1.05. The van der Waals surface area contributed by atoms with Gasteiger partial charge in [-0.15, -0.1) is 0 Å². The van der Waals surface area contributed by atoms with Crippen LogP contribution in [0.15, 0.2) is 30.3 Å². The minimum Gasteiger partial charge on any atom is -0.454 e. The zero-order valence-corrected chi connectivity index (χ0v) is 17.7. The van der Waals surface area contributed by atoms with Gasteiger partial charge >= 0.3 is 12.1 Å². The van der Waals surface area contributed by atoms with E-state index in [0.29, 0.717) is 0 Å². The molecule has 160 valence electrons. The normalized spacial score (nSPS) is 20.1. The first-order valence-corrected chi connectivity index (χ1v) is 10.2. The van der Waals surface area contributed by atoms with Gasteiger partial charge < -0.3 is 19.7 Å². The highest BCUT2D eigenvalue weighted by Crippen LogP contribution is 2.22. The molecule has 1 aliphatic rings. The molecule has 1 heterocycles. The van der Waals surface area contributed by atoms with Crippen LogP contribution in [0.1, 0.15) is 52.5 Å². The molecular formula is C22H32N2O5. The second kappa shape index (κ2) is 10.8. The van der Waals surface area contributed by atoms with Crippen LogP contribution in [0.3, 0.4) is 0 Å². The lowest BCUT2D eigenvalue weighted by Gasteiger charge is -2.39. The number of carbonyl (C=O) groups is 3. The molecular weight excluding hydrogens is 372 g/mol. The lowest BCUT2D eigenvalue weighted by atomic mass is 9.97. The summed E-state index contributed by atoms with van der Waals surface area (Å²) in [4.78, 5) is 38.9. The number of hydrogen-bond donors (Lipinski definition) is 1. The second-order valence-electron chi connectivity index (χ2n) is 7.97. The minimum atomic E-state index is -0.887. The third-order valence-electron chi connectivity index (χ3n) is 5.23. The largest absolute Gasteiger partial charge is 0.454 e. The van der Waals surface area contributed by atoms with Gasteiger partial charge in [0.05, 0.1) is 0 Å². The van der Waals surface area contributed by atoms with E-state index in [1.54, 1.807) is 18.7 Å². The van der Waals surface area contributed by atoms with Gasteiger partial charge in [-0.2, -0.15) is 0 Å². The Hall–Kier alpha value is -2.57. The van der Waals surface area contributed by atoms with Gasteiger partial charge in [-0.25, -0.2) is 9.59 Å². The van der Waals surface area contributed by atoms with Crippen LogP contribution in [-0.2, 0) is 25.7 Å². The van der Waals surface area contributed by atoms with Crippen molar-refractivity contribution in [3.05, 3.63) is 35.9 Å². The molecule has 1 aromatic rings. The average molecular weight is 405 g/mol. The molecule has 1 saturated heterocycles. The minimum absolute atomic E-state index is 0.107. The van der Waals surface area contributed by atoms with E-state index in [2.05, 4.69) is 5.32 Å². The summed E-state index contributed by atoms with van der Waals surface area (Å²) >= 11 is 0. The molecule has 0 radical (unpaired) electrons. The number of piperidine rings is 1. The highest BCUT2D eigenvalue weighted by Gasteiger charge is 2.31. The number of alkyl carbamates (subject to hydrolysis) is 1. The van der Waals surface area contributed by atoms with Gasteiger partial charge in [-0.05, 0) is 44.6 Å². The molecule has 2 unspecified atom stereocenters. The molecule has 3 atom stereocenters. The fourth-order valence-electron chi connectivity index (χ4n) is 3.60. The predicted molar refractivity (Wildman–Crippen MR) is 109 cm³/mol. The Bertz CT molecular complexity index is 682. The van der Waals surface area contributed by atoms with Gasteiger partial charge in [0.15, 0.2) is 6.61 Å². The number of nitrogens with one attached hydrogen (secondary N) is 1. The van der Waals surface area contributed by atoms with E-state index in [0.717, 1.165) is 24.8 Å². The molecule has 1 fully saturated rings. The summed E-state index contributed by atoms with van der Waals surface area (Å²) in [6, 6.07) is 8.65. The smallest absolute Gasteiger partial charge is 0.408 e. The van der Waals surface area contributed by atoms with E-state index in [1.807, 2.05) is 44.2 Å². The van der Waals surface area contributed by atoms with E-state index >= 15 is 0 Å². The zero-order valence-electron chi connectivity index (χ0n) is 17.7. The Morgan fingerprint density at radius 2 is 1.69 bits per heavy atom. The van der Waals surface area contributed by atoms with E-state index in [-0.39, 0.29) is 37.1 Å². The first-order valence-electron chi connectivity index (χ1n) is 10.2. The molecule has 0 bridgehead atoms. The lowest BCUT2D eigenvalue weighted by Crippen LogP contribution is -2.50. The number of amides is 2. The van der Waals surface area contributed by atoms with Gasteiger partial charge in [0.2, 0.25) is 0 Å². The maximum atomic E-state index is 12.5. The first kappa shape index (κ1) is 22.7. The highest BCUT2D eigenvalue weighted by molar-refractivity contribution is 5.85. The first-order chi connectivity index (χ1) is 13.8. The van der Waals surface area contributed by atoms with Crippen LogP contribution in [-0.4, -0.2) is 47.6 Å². The van der Waals surface area contributed by atoms with Crippen LogP contribution < -0.4 is 5.32 Å². The third kappa shape index (κ3) is 6.76. The predicted octanol–water partition coefficient (Wildman–Crippen LogP) is 3.27. The van der Waals surface area contributed by atoms with Crippen molar-refractivity contribution in [3.63, 3.8) is 0 Å². The summed E-state index contributed by atoms with van der Waals surface area (Å²) in [6.45, 7) is 7.39. The number of likely N-dealkylation sites (tertiary alicyclic amines) is 1. The Labute approximate surface area is 172 Å². The molecule has 1 aliphatic heterocycles. The number of esters is 1. The molecule has 0 saturated carbocycles. The van der Waals surface area contributed by atoms with Gasteiger partial charge in [0.1, 0.15) is 12.6 Å². The number of carbonyl (C=O) groups excluding carboxylic acids is 3. The van der Waals surface area contributed by atoms with Crippen LogP contribution in [0.2, 0.25) is 0 Å². The summed E-state index contributed by atoms with van der Waals surface area (Å²) in [6.07, 6.45) is 2.30. The Morgan fingerprint density at radius 1 is 1.07 bits per heavy atom. The quantitative estimate of drug-likeness (QED) is 0.705. The Morgan fingerprint density at radius 3 is 2.28 bits per heavy atom. The van der Waals surface area contributed by atoms with Crippen LogP contribution in [0.25, 0.3) is 0 Å². The summed E-state index contributed by atoms with van der Waals surface area (Å²) in [7, 11) is 0. The molecule has 2 rings (SSSR count). The van der Waals surface area contributed by atoms with Crippen molar-refractivity contribution in [2.24, 2.45) is 5.92 Å². The summed E-state index contributed by atoms with van der Waals surface area (Å²) in [5.41, 5.74) is 0.849. The molecule has 7 nitrogen and oxygen atoms in total. The fourth-order valence-corrected chi connectivity index (χ4v) is 3.60. The molecule has 0 aromatic heterocycles. The zero-order chi connectivity index (χ0) is 21.4. The molecule has 0 spiro atoms.